The fourth-order valence-corrected chi connectivity index (χ4v) is 1.68. The van der Waals surface area contributed by atoms with Gasteiger partial charge in [0.2, 0.25) is 0 Å². The standard InChI is InChI=1S/C15H17ClN2O4/c1-9(2)15(3,8-17)18-13(20)7-22-14(21)11-6-10(16)4-5-12(11)19/h4-6,9,19H,7H2,1-3H3,(H,18,20)/t15-/m0/s1. The molecular formula is C15H17ClN2O4. The Bertz CT molecular complexity index is 624. The number of aromatic hydroxyl groups is 1. The maximum atomic E-state index is 11.8. The molecule has 0 aromatic heterocycles. The van der Waals surface area contributed by atoms with Crippen LogP contribution in [-0.2, 0) is 9.53 Å². The average molecular weight is 325 g/mol. The van der Waals surface area contributed by atoms with Gasteiger partial charge in [-0.2, -0.15) is 5.26 Å². The molecule has 0 saturated carbocycles. The van der Waals surface area contributed by atoms with E-state index in [1.807, 2.05) is 6.07 Å². The Hall–Kier alpha value is -2.26. The highest BCUT2D eigenvalue weighted by molar-refractivity contribution is 6.31. The van der Waals surface area contributed by atoms with Crippen molar-refractivity contribution in [3.8, 4) is 11.8 Å². The first-order chi connectivity index (χ1) is 10.2. The molecule has 6 nitrogen and oxygen atoms in total. The van der Waals surface area contributed by atoms with Crippen molar-refractivity contribution < 1.29 is 19.4 Å². The number of benzene rings is 1. The Balaban J connectivity index is 2.67. The van der Waals surface area contributed by atoms with Crippen LogP contribution < -0.4 is 5.32 Å². The van der Waals surface area contributed by atoms with E-state index in [4.69, 9.17) is 21.6 Å². The van der Waals surface area contributed by atoms with E-state index in [0.29, 0.717) is 0 Å². The predicted octanol–water partition coefficient (Wildman–Crippen LogP) is 2.26. The molecule has 0 aliphatic heterocycles. The third-order valence-corrected chi connectivity index (χ3v) is 3.53. The largest absolute Gasteiger partial charge is 0.507 e. The third-order valence-electron chi connectivity index (χ3n) is 3.30. The number of nitrogens with zero attached hydrogens (tertiary/aromatic N) is 1. The Morgan fingerprint density at radius 3 is 2.68 bits per heavy atom. The second kappa shape index (κ2) is 7.14. The average Bonchev–Trinajstić information content (AvgIpc) is 2.46. The number of hydrogen-bond donors (Lipinski definition) is 2. The molecule has 1 amide bonds. The molecule has 118 valence electrons. The van der Waals surface area contributed by atoms with Gasteiger partial charge in [-0.15, -0.1) is 0 Å². The van der Waals surface area contributed by atoms with Gasteiger partial charge in [0.05, 0.1) is 6.07 Å². The van der Waals surface area contributed by atoms with Gasteiger partial charge in [0, 0.05) is 5.02 Å². The van der Waals surface area contributed by atoms with Gasteiger partial charge in [-0.05, 0) is 31.0 Å². The summed E-state index contributed by atoms with van der Waals surface area (Å²) in [6, 6.07) is 5.93. The summed E-state index contributed by atoms with van der Waals surface area (Å²) in [4.78, 5) is 23.6. The molecule has 1 aromatic rings. The van der Waals surface area contributed by atoms with Gasteiger partial charge in [-0.3, -0.25) is 4.79 Å². The molecule has 1 aromatic carbocycles. The summed E-state index contributed by atoms with van der Waals surface area (Å²) in [6.07, 6.45) is 0. The minimum Gasteiger partial charge on any atom is -0.507 e. The summed E-state index contributed by atoms with van der Waals surface area (Å²) < 4.78 is 4.82. The zero-order valence-corrected chi connectivity index (χ0v) is 13.3. The maximum absolute atomic E-state index is 11.8. The van der Waals surface area contributed by atoms with Crippen LogP contribution >= 0.6 is 11.6 Å². The van der Waals surface area contributed by atoms with Gasteiger partial charge in [-0.1, -0.05) is 25.4 Å². The van der Waals surface area contributed by atoms with E-state index in [9.17, 15) is 14.7 Å². The summed E-state index contributed by atoms with van der Waals surface area (Å²) in [7, 11) is 0. The van der Waals surface area contributed by atoms with Gasteiger partial charge in [0.15, 0.2) is 6.61 Å². The van der Waals surface area contributed by atoms with Gasteiger partial charge in [0.1, 0.15) is 16.9 Å². The number of carbonyl (C=O) groups excluding carboxylic acids is 2. The first-order valence-corrected chi connectivity index (χ1v) is 6.95. The number of ether oxygens (including phenoxy) is 1. The van der Waals surface area contributed by atoms with Crippen molar-refractivity contribution in [2.24, 2.45) is 5.92 Å². The van der Waals surface area contributed by atoms with E-state index in [1.165, 1.54) is 18.2 Å². The van der Waals surface area contributed by atoms with Crippen molar-refractivity contribution in [2.45, 2.75) is 26.3 Å². The molecule has 2 N–H and O–H groups in total. The number of nitrogens with one attached hydrogen (secondary N) is 1. The van der Waals surface area contributed by atoms with Crippen LogP contribution in [0.4, 0.5) is 0 Å². The quantitative estimate of drug-likeness (QED) is 0.809. The molecule has 1 rings (SSSR count). The van der Waals surface area contributed by atoms with E-state index in [1.54, 1.807) is 20.8 Å². The zero-order valence-electron chi connectivity index (χ0n) is 12.5. The van der Waals surface area contributed by atoms with E-state index < -0.39 is 24.0 Å². The topological polar surface area (TPSA) is 99.4 Å². The minimum atomic E-state index is -1.05. The van der Waals surface area contributed by atoms with Crippen LogP contribution in [0.15, 0.2) is 18.2 Å². The molecule has 0 fully saturated rings. The number of hydrogen-bond acceptors (Lipinski definition) is 5. The van der Waals surface area contributed by atoms with Crippen LogP contribution in [0.1, 0.15) is 31.1 Å². The Labute approximate surface area is 133 Å². The number of rotatable bonds is 5. The number of nitriles is 1. The van der Waals surface area contributed by atoms with Crippen molar-refractivity contribution in [3.05, 3.63) is 28.8 Å². The van der Waals surface area contributed by atoms with Crippen LogP contribution in [-0.4, -0.2) is 29.1 Å². The highest BCUT2D eigenvalue weighted by atomic mass is 35.5. The van der Waals surface area contributed by atoms with E-state index in [2.05, 4.69) is 5.32 Å². The molecule has 0 spiro atoms. The fraction of sp³-hybridized carbons (Fsp3) is 0.400. The van der Waals surface area contributed by atoms with Crippen molar-refractivity contribution in [3.63, 3.8) is 0 Å². The van der Waals surface area contributed by atoms with E-state index in [0.717, 1.165) is 0 Å². The van der Waals surface area contributed by atoms with Crippen molar-refractivity contribution in [1.82, 2.24) is 5.32 Å². The number of carbonyl (C=O) groups is 2. The summed E-state index contributed by atoms with van der Waals surface area (Å²) in [5.41, 5.74) is -1.19. The van der Waals surface area contributed by atoms with Crippen LogP contribution in [0.5, 0.6) is 5.75 Å². The zero-order chi connectivity index (χ0) is 16.9. The number of esters is 1. The molecule has 1 atom stereocenters. The lowest BCUT2D eigenvalue weighted by Crippen LogP contribution is -2.50. The first kappa shape index (κ1) is 17.8. The van der Waals surface area contributed by atoms with Gasteiger partial charge >= 0.3 is 5.97 Å². The minimum absolute atomic E-state index is 0.117. The van der Waals surface area contributed by atoms with E-state index in [-0.39, 0.29) is 22.3 Å². The molecule has 0 aliphatic rings. The molecule has 0 saturated heterocycles. The maximum Gasteiger partial charge on any atom is 0.342 e. The lowest BCUT2D eigenvalue weighted by atomic mass is 9.90. The van der Waals surface area contributed by atoms with Crippen LogP contribution in [0.2, 0.25) is 5.02 Å². The number of amides is 1. The normalized spacial score (nSPS) is 13.1. The molecule has 0 bridgehead atoms. The molecular weight excluding hydrogens is 308 g/mol. The number of phenolic OH excluding ortho intramolecular Hbond substituents is 1. The Morgan fingerprint density at radius 1 is 1.50 bits per heavy atom. The molecule has 0 heterocycles. The molecule has 7 heteroatoms. The summed E-state index contributed by atoms with van der Waals surface area (Å²) in [6.45, 7) is 4.61. The third kappa shape index (κ3) is 4.37. The SMILES string of the molecule is CC(C)[C@](C)(C#N)NC(=O)COC(=O)c1cc(Cl)ccc1O. The van der Waals surface area contributed by atoms with Crippen LogP contribution in [0, 0.1) is 17.2 Å². The number of phenols is 1. The van der Waals surface area contributed by atoms with Gasteiger partial charge < -0.3 is 15.2 Å². The van der Waals surface area contributed by atoms with Crippen LogP contribution in [0.25, 0.3) is 0 Å². The second-order valence-corrected chi connectivity index (χ2v) is 5.69. The van der Waals surface area contributed by atoms with Crippen molar-refractivity contribution in [1.29, 1.82) is 5.26 Å². The predicted molar refractivity (Wildman–Crippen MR) is 80.4 cm³/mol. The van der Waals surface area contributed by atoms with Crippen LogP contribution in [0.3, 0.4) is 0 Å². The second-order valence-electron chi connectivity index (χ2n) is 5.25. The Kier molecular flexibility index (Phi) is 5.77. The summed E-state index contributed by atoms with van der Waals surface area (Å²) >= 11 is 5.73. The summed E-state index contributed by atoms with van der Waals surface area (Å²) in [5, 5.41) is 21.4. The highest BCUT2D eigenvalue weighted by Gasteiger charge is 2.30. The fourth-order valence-electron chi connectivity index (χ4n) is 1.51. The lowest BCUT2D eigenvalue weighted by Gasteiger charge is -2.27. The smallest absolute Gasteiger partial charge is 0.342 e. The summed E-state index contributed by atoms with van der Waals surface area (Å²) in [5.74, 6) is -1.89. The number of halogens is 1. The molecule has 0 radical (unpaired) electrons. The van der Waals surface area contributed by atoms with E-state index >= 15 is 0 Å². The Morgan fingerprint density at radius 2 is 2.14 bits per heavy atom. The van der Waals surface area contributed by atoms with Crippen molar-refractivity contribution in [2.75, 3.05) is 6.61 Å². The molecule has 0 aliphatic carbocycles. The monoisotopic (exact) mass is 324 g/mol. The first-order valence-electron chi connectivity index (χ1n) is 6.57. The van der Waals surface area contributed by atoms with Gasteiger partial charge in [-0.25, -0.2) is 4.79 Å². The molecule has 0 unspecified atom stereocenters. The highest BCUT2D eigenvalue weighted by Crippen LogP contribution is 2.22. The van der Waals surface area contributed by atoms with Crippen molar-refractivity contribution >= 4 is 23.5 Å². The van der Waals surface area contributed by atoms with Gasteiger partial charge in [0.25, 0.3) is 5.91 Å². The molecule has 22 heavy (non-hydrogen) atoms. The lowest BCUT2D eigenvalue weighted by molar-refractivity contribution is -0.125.